The number of aromatic nitrogens is 2. The fraction of sp³-hybridized carbons (Fsp3) is 0.375. The maximum atomic E-state index is 14.3. The second-order valence-electron chi connectivity index (χ2n) is 6.09. The number of halogens is 2. The molecule has 1 aromatic carbocycles. The highest BCUT2D eigenvalue weighted by molar-refractivity contribution is 9.10. The van der Waals surface area contributed by atoms with E-state index in [1.807, 2.05) is 40.7 Å². The second-order valence-corrected chi connectivity index (χ2v) is 6.90. The highest BCUT2D eigenvalue weighted by Gasteiger charge is 2.20. The Bertz CT molecular complexity index is 637. The fourth-order valence-corrected chi connectivity index (χ4v) is 2.51. The number of hydrogen-bond donors (Lipinski definition) is 0. The van der Waals surface area contributed by atoms with Gasteiger partial charge in [0, 0.05) is 11.0 Å². The molecule has 0 N–H and O–H groups in total. The minimum absolute atomic E-state index is 0.187. The van der Waals surface area contributed by atoms with Crippen LogP contribution in [0.2, 0.25) is 0 Å². The van der Waals surface area contributed by atoms with E-state index in [-0.39, 0.29) is 11.2 Å². The number of hydrogen-bond acceptors (Lipinski definition) is 2. The smallest absolute Gasteiger partial charge is 0.135 e. The number of aryl methyl sites for hydroxylation is 2. The third-order valence-electron chi connectivity index (χ3n) is 3.05. The van der Waals surface area contributed by atoms with Crippen LogP contribution in [0.3, 0.4) is 0 Å². The van der Waals surface area contributed by atoms with E-state index in [4.69, 9.17) is 0 Å². The van der Waals surface area contributed by atoms with Gasteiger partial charge in [0.15, 0.2) is 0 Å². The van der Waals surface area contributed by atoms with Crippen molar-refractivity contribution in [1.82, 2.24) is 9.97 Å². The van der Waals surface area contributed by atoms with Crippen molar-refractivity contribution in [1.29, 1.82) is 0 Å². The lowest BCUT2D eigenvalue weighted by Crippen LogP contribution is -2.16. The van der Waals surface area contributed by atoms with Gasteiger partial charge in [-0.15, -0.1) is 0 Å². The van der Waals surface area contributed by atoms with Crippen molar-refractivity contribution in [2.24, 2.45) is 0 Å². The van der Waals surface area contributed by atoms with E-state index >= 15 is 0 Å². The summed E-state index contributed by atoms with van der Waals surface area (Å²) in [7, 11) is 0. The Balaban J connectivity index is 2.68. The molecule has 2 aromatic rings. The summed E-state index contributed by atoms with van der Waals surface area (Å²) in [6.07, 6.45) is 0. The van der Waals surface area contributed by atoms with Crippen molar-refractivity contribution in [3.05, 3.63) is 45.6 Å². The SMILES string of the molecule is Cc1cc(C)c(-c2cc(Br)nc(C(C)(C)C)n2)c(F)c1. The lowest BCUT2D eigenvalue weighted by molar-refractivity contribution is 0.543. The van der Waals surface area contributed by atoms with Crippen molar-refractivity contribution in [3.63, 3.8) is 0 Å². The molecule has 0 aliphatic rings. The lowest BCUT2D eigenvalue weighted by Gasteiger charge is -2.18. The third kappa shape index (κ3) is 3.06. The quantitative estimate of drug-likeness (QED) is 0.688. The molecule has 0 unspecified atom stereocenters. The monoisotopic (exact) mass is 336 g/mol. The van der Waals surface area contributed by atoms with Gasteiger partial charge in [0.05, 0.1) is 5.69 Å². The molecular formula is C16H18BrFN2. The first-order chi connectivity index (χ1) is 9.18. The zero-order valence-corrected chi connectivity index (χ0v) is 14.0. The van der Waals surface area contributed by atoms with Gasteiger partial charge in [0.1, 0.15) is 16.2 Å². The predicted molar refractivity (Wildman–Crippen MR) is 83.3 cm³/mol. The highest BCUT2D eigenvalue weighted by atomic mass is 79.9. The summed E-state index contributed by atoms with van der Waals surface area (Å²) in [6.45, 7) is 9.90. The Hall–Kier alpha value is -1.29. The van der Waals surface area contributed by atoms with E-state index in [1.54, 1.807) is 6.07 Å². The van der Waals surface area contributed by atoms with Gasteiger partial charge in [-0.2, -0.15) is 0 Å². The van der Waals surface area contributed by atoms with E-state index in [0.29, 0.717) is 21.7 Å². The van der Waals surface area contributed by atoms with Crippen LogP contribution in [0.1, 0.15) is 37.7 Å². The first-order valence-corrected chi connectivity index (χ1v) is 7.30. The minimum Gasteiger partial charge on any atom is -0.232 e. The Kier molecular flexibility index (Phi) is 3.96. The molecule has 1 aromatic heterocycles. The van der Waals surface area contributed by atoms with Gasteiger partial charge < -0.3 is 0 Å². The van der Waals surface area contributed by atoms with Gasteiger partial charge in [-0.1, -0.05) is 26.8 Å². The van der Waals surface area contributed by atoms with Crippen molar-refractivity contribution < 1.29 is 4.39 Å². The van der Waals surface area contributed by atoms with E-state index < -0.39 is 0 Å². The summed E-state index contributed by atoms with van der Waals surface area (Å²) in [5.41, 5.74) is 2.77. The van der Waals surface area contributed by atoms with E-state index in [9.17, 15) is 4.39 Å². The predicted octanol–water partition coefficient (Wildman–Crippen LogP) is 4.96. The molecule has 1 heterocycles. The van der Waals surface area contributed by atoms with E-state index in [0.717, 1.165) is 11.1 Å². The van der Waals surface area contributed by atoms with Gasteiger partial charge in [-0.25, -0.2) is 14.4 Å². The fourth-order valence-electron chi connectivity index (χ4n) is 2.12. The van der Waals surface area contributed by atoms with Gasteiger partial charge in [0.2, 0.25) is 0 Å². The summed E-state index contributed by atoms with van der Waals surface area (Å²) in [5.74, 6) is 0.453. The zero-order valence-electron chi connectivity index (χ0n) is 12.4. The molecule has 0 fully saturated rings. The molecule has 0 amide bonds. The van der Waals surface area contributed by atoms with Crippen LogP contribution in [0.15, 0.2) is 22.8 Å². The molecule has 0 radical (unpaired) electrons. The van der Waals surface area contributed by atoms with Crippen LogP contribution in [0, 0.1) is 19.7 Å². The van der Waals surface area contributed by atoms with Gasteiger partial charge in [-0.05, 0) is 53.0 Å². The summed E-state index contributed by atoms with van der Waals surface area (Å²) < 4.78 is 15.0. The van der Waals surface area contributed by atoms with Crippen molar-refractivity contribution in [2.75, 3.05) is 0 Å². The van der Waals surface area contributed by atoms with Crippen LogP contribution in [0.5, 0.6) is 0 Å². The molecule has 0 spiro atoms. The Morgan fingerprint density at radius 1 is 1.05 bits per heavy atom. The van der Waals surface area contributed by atoms with Crippen molar-refractivity contribution in [2.45, 2.75) is 40.0 Å². The zero-order chi connectivity index (χ0) is 15.1. The second kappa shape index (κ2) is 5.24. The summed E-state index contributed by atoms with van der Waals surface area (Å²) in [4.78, 5) is 8.94. The minimum atomic E-state index is -0.243. The molecule has 0 aliphatic carbocycles. The Morgan fingerprint density at radius 3 is 2.25 bits per heavy atom. The molecule has 2 rings (SSSR count). The molecule has 0 saturated carbocycles. The maximum absolute atomic E-state index is 14.3. The van der Waals surface area contributed by atoms with Crippen molar-refractivity contribution >= 4 is 15.9 Å². The Morgan fingerprint density at radius 2 is 1.70 bits per heavy atom. The standard InChI is InChI=1S/C16H18BrFN2/c1-9-6-10(2)14(11(18)7-9)12-8-13(17)20-15(19-12)16(3,4)5/h6-8H,1-5H3. The number of benzene rings is 1. The maximum Gasteiger partial charge on any atom is 0.135 e. The average molecular weight is 337 g/mol. The molecule has 2 nitrogen and oxygen atoms in total. The van der Waals surface area contributed by atoms with Crippen LogP contribution >= 0.6 is 15.9 Å². The largest absolute Gasteiger partial charge is 0.232 e. The highest BCUT2D eigenvalue weighted by Crippen LogP contribution is 2.30. The molecule has 106 valence electrons. The molecule has 0 saturated heterocycles. The molecular weight excluding hydrogens is 319 g/mol. The van der Waals surface area contributed by atoms with Crippen LogP contribution < -0.4 is 0 Å². The topological polar surface area (TPSA) is 25.8 Å². The van der Waals surface area contributed by atoms with Crippen LogP contribution in [-0.4, -0.2) is 9.97 Å². The number of rotatable bonds is 1. The van der Waals surface area contributed by atoms with E-state index in [1.165, 1.54) is 6.07 Å². The number of nitrogens with zero attached hydrogens (tertiary/aromatic N) is 2. The van der Waals surface area contributed by atoms with Crippen molar-refractivity contribution in [3.8, 4) is 11.3 Å². The Labute approximate surface area is 127 Å². The summed E-state index contributed by atoms with van der Waals surface area (Å²) in [6, 6.07) is 5.26. The first-order valence-electron chi connectivity index (χ1n) is 6.50. The third-order valence-corrected chi connectivity index (χ3v) is 3.46. The summed E-state index contributed by atoms with van der Waals surface area (Å²) >= 11 is 3.39. The van der Waals surface area contributed by atoms with Crippen LogP contribution in [-0.2, 0) is 5.41 Å². The van der Waals surface area contributed by atoms with Crippen LogP contribution in [0.4, 0.5) is 4.39 Å². The molecule has 0 aliphatic heterocycles. The first kappa shape index (κ1) is 15.1. The van der Waals surface area contributed by atoms with Gasteiger partial charge in [-0.3, -0.25) is 0 Å². The van der Waals surface area contributed by atoms with Gasteiger partial charge in [0.25, 0.3) is 0 Å². The lowest BCUT2D eigenvalue weighted by atomic mass is 9.95. The molecule has 0 bridgehead atoms. The summed E-state index contributed by atoms with van der Waals surface area (Å²) in [5, 5.41) is 0. The normalized spacial score (nSPS) is 11.8. The average Bonchev–Trinajstić information content (AvgIpc) is 2.25. The van der Waals surface area contributed by atoms with E-state index in [2.05, 4.69) is 25.9 Å². The molecule has 4 heteroatoms. The molecule has 0 atom stereocenters. The molecule has 20 heavy (non-hydrogen) atoms. The van der Waals surface area contributed by atoms with Crippen LogP contribution in [0.25, 0.3) is 11.3 Å². The van der Waals surface area contributed by atoms with Gasteiger partial charge >= 0.3 is 0 Å².